The van der Waals surface area contributed by atoms with Crippen molar-refractivity contribution in [1.82, 2.24) is 14.5 Å². The van der Waals surface area contributed by atoms with Crippen molar-refractivity contribution in [3.05, 3.63) is 64.1 Å². The van der Waals surface area contributed by atoms with E-state index in [4.69, 9.17) is 0 Å². The fourth-order valence-corrected chi connectivity index (χ4v) is 6.83. The lowest BCUT2D eigenvalue weighted by molar-refractivity contribution is -0.141. The van der Waals surface area contributed by atoms with E-state index in [0.29, 0.717) is 0 Å². The lowest BCUT2D eigenvalue weighted by atomic mass is 10.1. The van der Waals surface area contributed by atoms with Crippen LogP contribution in [0.25, 0.3) is 0 Å². The largest absolute Gasteiger partial charge is 0.352 e. The van der Waals surface area contributed by atoms with Crippen LogP contribution < -0.4 is 5.32 Å². The molecule has 1 atom stereocenters. The highest BCUT2D eigenvalue weighted by atomic mass is 79.9. The van der Waals surface area contributed by atoms with Gasteiger partial charge in [-0.25, -0.2) is 12.7 Å². The number of rotatable bonds is 9. The van der Waals surface area contributed by atoms with Gasteiger partial charge in [0.05, 0.1) is 5.56 Å². The summed E-state index contributed by atoms with van der Waals surface area (Å²) in [5.74, 6) is -1.04. The van der Waals surface area contributed by atoms with Crippen molar-refractivity contribution in [3.8, 4) is 0 Å². The van der Waals surface area contributed by atoms with Crippen molar-refractivity contribution in [3.63, 3.8) is 0 Å². The van der Waals surface area contributed by atoms with E-state index < -0.39 is 22.0 Å². The first kappa shape index (κ1) is 26.3. The molecule has 192 valence electrons. The van der Waals surface area contributed by atoms with Crippen LogP contribution in [0.1, 0.15) is 61.4 Å². The predicted molar refractivity (Wildman–Crippen MR) is 138 cm³/mol. The summed E-state index contributed by atoms with van der Waals surface area (Å²) in [5.41, 5.74) is 1.02. The normalized spacial score (nSPS) is 17.6. The van der Waals surface area contributed by atoms with Crippen LogP contribution in [0.3, 0.4) is 0 Å². The van der Waals surface area contributed by atoms with E-state index in [9.17, 15) is 22.8 Å². The summed E-state index contributed by atoms with van der Waals surface area (Å²) >= 11 is 3.44. The highest BCUT2D eigenvalue weighted by Gasteiger charge is 2.40. The number of nitrogens with zero attached hydrogens (tertiary/aromatic N) is 2. The van der Waals surface area contributed by atoms with E-state index in [-0.39, 0.29) is 54.2 Å². The molecule has 1 heterocycles. The third-order valence-corrected chi connectivity index (χ3v) is 9.11. The standard InChI is InChI=1S/C26H30BrN3O5S/c1-18(25(32)28-21-10-2-3-11-21)29(17-19-8-6-9-20(27)16-19)24(31)14-7-15-30-26(33)22-12-4-5-13-23(22)36(30,34)35/h4-6,8-9,12-13,16,18,21H,2-3,7,10-11,14-15,17H2,1H3,(H,28,32). The van der Waals surface area contributed by atoms with Crippen LogP contribution >= 0.6 is 15.9 Å². The Morgan fingerprint density at radius 1 is 1.14 bits per heavy atom. The smallest absolute Gasteiger partial charge is 0.269 e. The van der Waals surface area contributed by atoms with Gasteiger partial charge in [0.25, 0.3) is 15.9 Å². The highest BCUT2D eigenvalue weighted by Crippen LogP contribution is 2.30. The quantitative estimate of drug-likeness (QED) is 0.489. The minimum atomic E-state index is -3.92. The second-order valence-electron chi connectivity index (χ2n) is 9.30. The van der Waals surface area contributed by atoms with Gasteiger partial charge in [0, 0.05) is 30.0 Å². The van der Waals surface area contributed by atoms with Gasteiger partial charge in [-0.3, -0.25) is 14.4 Å². The topological polar surface area (TPSA) is 104 Å². The van der Waals surface area contributed by atoms with Gasteiger partial charge in [0.2, 0.25) is 11.8 Å². The minimum Gasteiger partial charge on any atom is -0.352 e. The Bertz CT molecular complexity index is 1260. The Morgan fingerprint density at radius 3 is 2.56 bits per heavy atom. The van der Waals surface area contributed by atoms with Crippen molar-refractivity contribution in [2.75, 3.05) is 6.54 Å². The second-order valence-corrected chi connectivity index (χ2v) is 12.0. The highest BCUT2D eigenvalue weighted by molar-refractivity contribution is 9.10. The number of amides is 3. The first-order valence-electron chi connectivity index (χ1n) is 12.2. The number of nitrogens with one attached hydrogen (secondary N) is 1. The molecule has 0 aromatic heterocycles. The monoisotopic (exact) mass is 575 g/mol. The van der Waals surface area contributed by atoms with Crippen LogP contribution in [0.4, 0.5) is 0 Å². The number of halogens is 1. The molecular weight excluding hydrogens is 546 g/mol. The molecule has 4 rings (SSSR count). The van der Waals surface area contributed by atoms with Gasteiger partial charge >= 0.3 is 0 Å². The number of hydrogen-bond donors (Lipinski definition) is 1. The average Bonchev–Trinajstić information content (AvgIpc) is 3.43. The first-order chi connectivity index (χ1) is 17.2. The summed E-state index contributed by atoms with van der Waals surface area (Å²) in [7, 11) is -3.92. The lowest BCUT2D eigenvalue weighted by Gasteiger charge is -2.30. The average molecular weight is 577 g/mol. The molecule has 0 radical (unpaired) electrons. The number of benzene rings is 2. The van der Waals surface area contributed by atoms with Gasteiger partial charge in [0.15, 0.2) is 0 Å². The van der Waals surface area contributed by atoms with Crippen molar-refractivity contribution >= 4 is 43.7 Å². The Hall–Kier alpha value is -2.72. The Labute approximate surface area is 220 Å². The summed E-state index contributed by atoms with van der Waals surface area (Å²) in [5, 5.41) is 3.06. The van der Waals surface area contributed by atoms with Crippen LogP contribution in [0, 0.1) is 0 Å². The van der Waals surface area contributed by atoms with E-state index in [2.05, 4.69) is 21.2 Å². The fraction of sp³-hybridized carbons (Fsp3) is 0.423. The third kappa shape index (κ3) is 5.64. The number of carbonyl (C=O) groups excluding carboxylic acids is 3. The molecule has 0 bridgehead atoms. The van der Waals surface area contributed by atoms with Crippen LogP contribution in [0.2, 0.25) is 0 Å². The van der Waals surface area contributed by atoms with Crippen LogP contribution in [0.5, 0.6) is 0 Å². The predicted octanol–water partition coefficient (Wildman–Crippen LogP) is 3.85. The molecule has 8 nitrogen and oxygen atoms in total. The van der Waals surface area contributed by atoms with E-state index in [1.807, 2.05) is 24.3 Å². The molecule has 2 aliphatic rings. The van der Waals surface area contributed by atoms with Gasteiger partial charge in [-0.2, -0.15) is 0 Å². The number of sulfonamides is 1. The SMILES string of the molecule is CC(C(=O)NC1CCCC1)N(Cc1cccc(Br)c1)C(=O)CCCN1C(=O)c2ccccc2S1(=O)=O. The van der Waals surface area contributed by atoms with Crippen LogP contribution in [-0.2, 0) is 26.2 Å². The first-order valence-corrected chi connectivity index (χ1v) is 14.4. The zero-order chi connectivity index (χ0) is 25.9. The molecule has 2 aromatic carbocycles. The van der Waals surface area contributed by atoms with Crippen LogP contribution in [0.15, 0.2) is 57.9 Å². The Morgan fingerprint density at radius 2 is 1.86 bits per heavy atom. The summed E-state index contributed by atoms with van der Waals surface area (Å²) in [4.78, 5) is 40.5. The van der Waals surface area contributed by atoms with E-state index in [0.717, 1.165) is 40.0 Å². The maximum atomic E-state index is 13.3. The van der Waals surface area contributed by atoms with Gasteiger partial charge in [-0.15, -0.1) is 0 Å². The van der Waals surface area contributed by atoms with Crippen molar-refractivity contribution in [1.29, 1.82) is 0 Å². The molecule has 1 aliphatic carbocycles. The minimum absolute atomic E-state index is 0.00466. The molecule has 1 fully saturated rings. The fourth-order valence-electron chi connectivity index (χ4n) is 4.78. The molecule has 0 saturated heterocycles. The number of fused-ring (bicyclic) bond motifs is 1. The number of carbonyl (C=O) groups is 3. The molecular formula is C26H30BrN3O5S. The van der Waals surface area contributed by atoms with Gasteiger partial charge < -0.3 is 10.2 Å². The molecule has 0 spiro atoms. The number of hydrogen-bond acceptors (Lipinski definition) is 5. The molecule has 1 N–H and O–H groups in total. The van der Waals surface area contributed by atoms with Crippen molar-refractivity contribution < 1.29 is 22.8 Å². The maximum absolute atomic E-state index is 13.3. The maximum Gasteiger partial charge on any atom is 0.269 e. The van der Waals surface area contributed by atoms with Gasteiger partial charge in [-0.05, 0) is 56.0 Å². The molecule has 3 amide bonds. The zero-order valence-corrected chi connectivity index (χ0v) is 22.6. The summed E-state index contributed by atoms with van der Waals surface area (Å²) in [6, 6.07) is 13.1. The third-order valence-electron chi connectivity index (χ3n) is 6.77. The van der Waals surface area contributed by atoms with Crippen molar-refractivity contribution in [2.24, 2.45) is 0 Å². The Kier molecular flexibility index (Phi) is 8.14. The lowest BCUT2D eigenvalue weighted by Crippen LogP contribution is -2.49. The van der Waals surface area contributed by atoms with E-state index >= 15 is 0 Å². The second kappa shape index (κ2) is 11.1. The summed E-state index contributed by atoms with van der Waals surface area (Å²) in [6.45, 7) is 1.85. The molecule has 2 aromatic rings. The molecule has 10 heteroatoms. The van der Waals surface area contributed by atoms with Crippen LogP contribution in [-0.4, -0.2) is 54.0 Å². The molecule has 1 unspecified atom stereocenters. The van der Waals surface area contributed by atoms with Gasteiger partial charge in [-0.1, -0.05) is 53.0 Å². The summed E-state index contributed by atoms with van der Waals surface area (Å²) < 4.78 is 27.3. The van der Waals surface area contributed by atoms with E-state index in [1.54, 1.807) is 19.1 Å². The molecule has 1 aliphatic heterocycles. The van der Waals surface area contributed by atoms with Crippen molar-refractivity contribution in [2.45, 2.75) is 69.0 Å². The Balaban J connectivity index is 1.44. The zero-order valence-electron chi connectivity index (χ0n) is 20.2. The molecule has 36 heavy (non-hydrogen) atoms. The van der Waals surface area contributed by atoms with Gasteiger partial charge in [0.1, 0.15) is 10.9 Å². The molecule has 1 saturated carbocycles. The summed E-state index contributed by atoms with van der Waals surface area (Å²) in [6.07, 6.45) is 4.22. The van der Waals surface area contributed by atoms with E-state index in [1.165, 1.54) is 17.0 Å².